The molecule has 0 aliphatic carbocycles. The van der Waals surface area contributed by atoms with Crippen LogP contribution in [0.2, 0.25) is 0 Å². The molecule has 0 amide bonds. The predicted molar refractivity (Wildman–Crippen MR) is 103 cm³/mol. The minimum atomic E-state index is 0.858. The quantitative estimate of drug-likeness (QED) is 0.730. The molecule has 0 spiro atoms. The normalized spacial score (nSPS) is 15.7. The van der Waals surface area contributed by atoms with Crippen LogP contribution in [0.3, 0.4) is 0 Å². The predicted octanol–water partition coefficient (Wildman–Crippen LogP) is 3.68. The van der Waals surface area contributed by atoms with Crippen molar-refractivity contribution in [3.63, 3.8) is 0 Å². The van der Waals surface area contributed by atoms with E-state index in [4.69, 9.17) is 0 Å². The highest BCUT2D eigenvalue weighted by Gasteiger charge is 2.11. The van der Waals surface area contributed by atoms with E-state index in [9.17, 15) is 0 Å². The standard InChI is InChI=1S/C18H24N6S/c1-2-15-10-16-17(19-13-20-18(16)25-15)22-14-11-21-24(12-14)9-8-23-6-4-3-5-7-23/h10-13H,2-9H2,1H3,(H,19,20,22). The van der Waals surface area contributed by atoms with Gasteiger partial charge in [-0.3, -0.25) is 4.68 Å². The third-order valence-corrected chi connectivity index (χ3v) is 5.91. The third kappa shape index (κ3) is 3.82. The molecule has 4 rings (SSSR count). The Balaban J connectivity index is 1.43. The maximum Gasteiger partial charge on any atom is 0.142 e. The van der Waals surface area contributed by atoms with Gasteiger partial charge in [-0.2, -0.15) is 5.10 Å². The Morgan fingerprint density at radius 2 is 2.04 bits per heavy atom. The van der Waals surface area contributed by atoms with Crippen LogP contribution in [0.1, 0.15) is 31.1 Å². The first-order valence-corrected chi connectivity index (χ1v) is 9.89. The van der Waals surface area contributed by atoms with Gasteiger partial charge in [0, 0.05) is 17.6 Å². The van der Waals surface area contributed by atoms with Crippen LogP contribution >= 0.6 is 11.3 Å². The molecule has 0 bridgehead atoms. The third-order valence-electron chi connectivity index (χ3n) is 4.72. The van der Waals surface area contributed by atoms with Crippen LogP contribution in [0.25, 0.3) is 10.2 Å². The molecule has 1 aliphatic rings. The fourth-order valence-corrected chi connectivity index (χ4v) is 4.23. The number of rotatable bonds is 6. The first-order valence-electron chi connectivity index (χ1n) is 9.07. The van der Waals surface area contributed by atoms with Gasteiger partial charge in [0.25, 0.3) is 0 Å². The number of nitrogens with zero attached hydrogens (tertiary/aromatic N) is 5. The van der Waals surface area contributed by atoms with Gasteiger partial charge in [0.15, 0.2) is 0 Å². The molecular formula is C18H24N6S. The van der Waals surface area contributed by atoms with E-state index in [-0.39, 0.29) is 0 Å². The van der Waals surface area contributed by atoms with Crippen LogP contribution in [0.15, 0.2) is 24.8 Å². The molecule has 1 saturated heterocycles. The molecule has 3 aromatic rings. The van der Waals surface area contributed by atoms with Crippen molar-refractivity contribution in [1.82, 2.24) is 24.6 Å². The lowest BCUT2D eigenvalue weighted by Gasteiger charge is -2.26. The highest BCUT2D eigenvalue weighted by atomic mass is 32.1. The van der Waals surface area contributed by atoms with Crippen molar-refractivity contribution in [2.75, 3.05) is 25.0 Å². The van der Waals surface area contributed by atoms with Crippen molar-refractivity contribution in [2.45, 2.75) is 39.2 Å². The van der Waals surface area contributed by atoms with Gasteiger partial charge in [0.05, 0.1) is 23.8 Å². The molecule has 1 fully saturated rings. The van der Waals surface area contributed by atoms with Crippen molar-refractivity contribution in [2.24, 2.45) is 0 Å². The molecule has 1 aliphatic heterocycles. The van der Waals surface area contributed by atoms with Crippen LogP contribution in [0.4, 0.5) is 11.5 Å². The van der Waals surface area contributed by atoms with E-state index in [1.165, 1.54) is 37.2 Å². The zero-order valence-electron chi connectivity index (χ0n) is 14.6. The van der Waals surface area contributed by atoms with Crippen LogP contribution in [0, 0.1) is 0 Å². The summed E-state index contributed by atoms with van der Waals surface area (Å²) < 4.78 is 2.01. The van der Waals surface area contributed by atoms with E-state index in [1.807, 2.05) is 10.9 Å². The largest absolute Gasteiger partial charge is 0.337 e. The van der Waals surface area contributed by atoms with E-state index >= 15 is 0 Å². The van der Waals surface area contributed by atoms with Gasteiger partial charge in [0.2, 0.25) is 0 Å². The summed E-state index contributed by atoms with van der Waals surface area (Å²) in [7, 11) is 0. The number of aromatic nitrogens is 4. The topological polar surface area (TPSA) is 58.9 Å². The lowest BCUT2D eigenvalue weighted by atomic mass is 10.1. The Hall–Kier alpha value is -1.99. The first-order chi connectivity index (χ1) is 12.3. The van der Waals surface area contributed by atoms with E-state index < -0.39 is 0 Å². The fraction of sp³-hybridized carbons (Fsp3) is 0.500. The van der Waals surface area contributed by atoms with Gasteiger partial charge < -0.3 is 10.2 Å². The molecule has 0 aromatic carbocycles. The maximum absolute atomic E-state index is 4.48. The molecule has 4 heterocycles. The summed E-state index contributed by atoms with van der Waals surface area (Å²) in [5.41, 5.74) is 0.975. The highest BCUT2D eigenvalue weighted by molar-refractivity contribution is 7.18. The smallest absolute Gasteiger partial charge is 0.142 e. The lowest BCUT2D eigenvalue weighted by Crippen LogP contribution is -2.32. The first kappa shape index (κ1) is 16.5. The molecule has 0 unspecified atom stereocenters. The number of anilines is 2. The fourth-order valence-electron chi connectivity index (χ4n) is 3.29. The molecule has 3 aromatic heterocycles. The van der Waals surface area contributed by atoms with E-state index in [0.717, 1.165) is 41.2 Å². The number of hydrogen-bond acceptors (Lipinski definition) is 6. The van der Waals surface area contributed by atoms with E-state index in [0.29, 0.717) is 0 Å². The van der Waals surface area contributed by atoms with Crippen LogP contribution in [0.5, 0.6) is 0 Å². The number of piperidine rings is 1. The van der Waals surface area contributed by atoms with Gasteiger partial charge >= 0.3 is 0 Å². The zero-order chi connectivity index (χ0) is 17.1. The number of nitrogens with one attached hydrogen (secondary N) is 1. The monoisotopic (exact) mass is 356 g/mol. The number of fused-ring (bicyclic) bond motifs is 1. The van der Waals surface area contributed by atoms with Crippen molar-refractivity contribution in [3.05, 3.63) is 29.7 Å². The summed E-state index contributed by atoms with van der Waals surface area (Å²) in [6.45, 7) is 6.62. The summed E-state index contributed by atoms with van der Waals surface area (Å²) in [5.74, 6) is 0.858. The second-order valence-electron chi connectivity index (χ2n) is 6.53. The average molecular weight is 356 g/mol. The number of likely N-dealkylation sites (tertiary alicyclic amines) is 1. The minimum Gasteiger partial charge on any atom is -0.337 e. The van der Waals surface area contributed by atoms with Gasteiger partial charge in [-0.25, -0.2) is 9.97 Å². The molecule has 7 heteroatoms. The second-order valence-corrected chi connectivity index (χ2v) is 7.64. The molecule has 0 radical (unpaired) electrons. The summed E-state index contributed by atoms with van der Waals surface area (Å²) in [5, 5.41) is 8.97. The SMILES string of the molecule is CCc1cc2c(Nc3cnn(CCN4CCCCC4)c3)ncnc2s1. The Morgan fingerprint density at radius 3 is 2.88 bits per heavy atom. The van der Waals surface area contributed by atoms with Crippen molar-refractivity contribution in [1.29, 1.82) is 0 Å². The summed E-state index contributed by atoms with van der Waals surface area (Å²) in [6.07, 6.45) is 10.6. The number of aryl methyl sites for hydroxylation is 1. The van der Waals surface area contributed by atoms with Crippen LogP contribution < -0.4 is 5.32 Å². The highest BCUT2D eigenvalue weighted by Crippen LogP contribution is 2.29. The molecule has 1 N–H and O–H groups in total. The van der Waals surface area contributed by atoms with Gasteiger partial charge in [-0.05, 0) is 38.4 Å². The molecule has 25 heavy (non-hydrogen) atoms. The molecular weight excluding hydrogens is 332 g/mol. The summed E-state index contributed by atoms with van der Waals surface area (Å²) in [4.78, 5) is 13.7. The summed E-state index contributed by atoms with van der Waals surface area (Å²) >= 11 is 1.73. The molecule has 0 saturated carbocycles. The second kappa shape index (κ2) is 7.49. The Morgan fingerprint density at radius 1 is 1.16 bits per heavy atom. The number of hydrogen-bond donors (Lipinski definition) is 1. The van der Waals surface area contributed by atoms with Gasteiger partial charge in [0.1, 0.15) is 17.0 Å². The summed E-state index contributed by atoms with van der Waals surface area (Å²) in [6, 6.07) is 2.18. The van der Waals surface area contributed by atoms with Gasteiger partial charge in [-0.1, -0.05) is 13.3 Å². The molecule has 0 atom stereocenters. The minimum absolute atomic E-state index is 0.858. The maximum atomic E-state index is 4.48. The lowest BCUT2D eigenvalue weighted by molar-refractivity contribution is 0.218. The van der Waals surface area contributed by atoms with E-state index in [1.54, 1.807) is 17.7 Å². The van der Waals surface area contributed by atoms with Crippen LogP contribution in [-0.4, -0.2) is 44.3 Å². The average Bonchev–Trinajstić information content (AvgIpc) is 3.28. The van der Waals surface area contributed by atoms with E-state index in [2.05, 4.69) is 44.5 Å². The Kier molecular flexibility index (Phi) is 4.94. The molecule has 6 nitrogen and oxygen atoms in total. The van der Waals surface area contributed by atoms with Crippen molar-refractivity contribution < 1.29 is 0 Å². The Labute approximate surface area is 151 Å². The van der Waals surface area contributed by atoms with Crippen molar-refractivity contribution in [3.8, 4) is 0 Å². The number of thiophene rings is 1. The Bertz CT molecular complexity index is 833. The van der Waals surface area contributed by atoms with Crippen molar-refractivity contribution >= 4 is 33.1 Å². The molecule has 132 valence electrons. The zero-order valence-corrected chi connectivity index (χ0v) is 15.4. The van der Waals surface area contributed by atoms with Crippen LogP contribution in [-0.2, 0) is 13.0 Å². The van der Waals surface area contributed by atoms with Gasteiger partial charge in [-0.15, -0.1) is 11.3 Å².